The first-order valence-corrected chi connectivity index (χ1v) is 7.98. The van der Waals surface area contributed by atoms with Crippen molar-refractivity contribution in [2.75, 3.05) is 24.5 Å². The summed E-state index contributed by atoms with van der Waals surface area (Å²) in [4.78, 5) is 6.64. The lowest BCUT2D eigenvalue weighted by atomic mass is 10.1. The van der Waals surface area contributed by atoms with Crippen LogP contribution in [0.25, 0.3) is 22.0 Å². The molecule has 1 saturated heterocycles. The molecule has 116 valence electrons. The fraction of sp³-hybridized carbons (Fsp3) is 0.278. The highest BCUT2D eigenvalue weighted by Gasteiger charge is 2.22. The average Bonchev–Trinajstić information content (AvgIpc) is 2.62. The Balaban J connectivity index is 1.89. The van der Waals surface area contributed by atoms with Crippen LogP contribution >= 0.6 is 0 Å². The van der Waals surface area contributed by atoms with Gasteiger partial charge in [-0.1, -0.05) is 30.3 Å². The van der Waals surface area contributed by atoms with E-state index in [4.69, 9.17) is 0 Å². The number of anilines is 1. The number of nitrogens with zero attached hydrogens (tertiary/aromatic N) is 4. The van der Waals surface area contributed by atoms with Crippen molar-refractivity contribution in [1.82, 2.24) is 20.5 Å². The van der Waals surface area contributed by atoms with E-state index in [-0.39, 0.29) is 0 Å². The van der Waals surface area contributed by atoms with Crippen LogP contribution in [0.4, 0.5) is 5.82 Å². The monoisotopic (exact) mass is 305 g/mol. The van der Waals surface area contributed by atoms with Gasteiger partial charge in [-0.2, -0.15) is 0 Å². The summed E-state index contributed by atoms with van der Waals surface area (Å²) in [5, 5.41) is 14.7. The number of piperazine rings is 1. The highest BCUT2D eigenvalue weighted by molar-refractivity contribution is 5.99. The minimum Gasteiger partial charge on any atom is -0.349 e. The Labute approximate surface area is 135 Å². The van der Waals surface area contributed by atoms with Crippen molar-refractivity contribution >= 4 is 16.6 Å². The third kappa shape index (κ3) is 2.53. The summed E-state index contributed by atoms with van der Waals surface area (Å²) in [7, 11) is 0. The number of benzene rings is 1. The van der Waals surface area contributed by atoms with Gasteiger partial charge in [0.2, 0.25) is 0 Å². The SMILES string of the molecule is CC1CNCCN1c1nnc(-c2ccccc2)c2ccncc12. The molecule has 4 rings (SSSR count). The molecule has 1 unspecified atom stereocenters. The summed E-state index contributed by atoms with van der Waals surface area (Å²) >= 11 is 0. The fourth-order valence-electron chi connectivity index (χ4n) is 3.16. The van der Waals surface area contributed by atoms with Gasteiger partial charge < -0.3 is 10.2 Å². The van der Waals surface area contributed by atoms with E-state index in [0.29, 0.717) is 6.04 Å². The standard InChI is InChI=1S/C18H19N5/c1-13-11-20-9-10-23(13)18-16-12-19-8-7-15(16)17(21-22-18)14-5-3-2-4-6-14/h2-8,12-13,20H,9-11H2,1H3. The molecule has 2 aromatic heterocycles. The number of hydrogen-bond acceptors (Lipinski definition) is 5. The van der Waals surface area contributed by atoms with Crippen LogP contribution in [0.1, 0.15) is 6.92 Å². The fourth-order valence-corrected chi connectivity index (χ4v) is 3.16. The molecular formula is C18H19N5. The third-order valence-corrected chi connectivity index (χ3v) is 4.38. The van der Waals surface area contributed by atoms with Gasteiger partial charge in [0.25, 0.3) is 0 Å². The van der Waals surface area contributed by atoms with Gasteiger partial charge >= 0.3 is 0 Å². The summed E-state index contributed by atoms with van der Waals surface area (Å²) in [6.07, 6.45) is 3.72. The molecule has 5 heteroatoms. The van der Waals surface area contributed by atoms with Gasteiger partial charge in [0.1, 0.15) is 5.69 Å². The topological polar surface area (TPSA) is 53.9 Å². The minimum atomic E-state index is 0.393. The maximum atomic E-state index is 4.57. The number of rotatable bonds is 2. The van der Waals surface area contributed by atoms with Crippen molar-refractivity contribution in [2.45, 2.75) is 13.0 Å². The van der Waals surface area contributed by atoms with Gasteiger partial charge in [-0.25, -0.2) is 0 Å². The van der Waals surface area contributed by atoms with Crippen LogP contribution in [-0.4, -0.2) is 40.9 Å². The molecule has 1 aliphatic heterocycles. The van der Waals surface area contributed by atoms with E-state index in [1.165, 1.54) is 0 Å². The predicted octanol–water partition coefficient (Wildman–Crippen LogP) is 2.49. The molecular weight excluding hydrogens is 286 g/mol. The van der Waals surface area contributed by atoms with E-state index in [2.05, 4.69) is 44.5 Å². The molecule has 1 atom stereocenters. The van der Waals surface area contributed by atoms with Crippen molar-refractivity contribution in [3.63, 3.8) is 0 Å². The molecule has 0 radical (unpaired) electrons. The average molecular weight is 305 g/mol. The Kier molecular flexibility index (Phi) is 3.63. The molecule has 0 spiro atoms. The number of hydrogen-bond donors (Lipinski definition) is 1. The predicted molar refractivity (Wildman–Crippen MR) is 92.4 cm³/mol. The molecule has 1 N–H and O–H groups in total. The van der Waals surface area contributed by atoms with Crippen molar-refractivity contribution in [3.8, 4) is 11.3 Å². The summed E-state index contributed by atoms with van der Waals surface area (Å²) in [6.45, 7) is 5.07. The molecule has 0 bridgehead atoms. The smallest absolute Gasteiger partial charge is 0.161 e. The van der Waals surface area contributed by atoms with Gasteiger partial charge in [0, 0.05) is 54.4 Å². The van der Waals surface area contributed by atoms with Crippen LogP contribution in [0, 0.1) is 0 Å². The largest absolute Gasteiger partial charge is 0.349 e. The molecule has 1 aliphatic rings. The van der Waals surface area contributed by atoms with E-state index >= 15 is 0 Å². The Hall–Kier alpha value is -2.53. The van der Waals surface area contributed by atoms with Gasteiger partial charge in [0.05, 0.1) is 0 Å². The highest BCUT2D eigenvalue weighted by Crippen LogP contribution is 2.31. The van der Waals surface area contributed by atoms with Crippen molar-refractivity contribution in [2.24, 2.45) is 0 Å². The van der Waals surface area contributed by atoms with Crippen molar-refractivity contribution in [1.29, 1.82) is 0 Å². The second kappa shape index (κ2) is 5.93. The first kappa shape index (κ1) is 14.1. The van der Waals surface area contributed by atoms with E-state index in [1.807, 2.05) is 36.7 Å². The Morgan fingerprint density at radius 3 is 2.78 bits per heavy atom. The minimum absolute atomic E-state index is 0.393. The van der Waals surface area contributed by atoms with Crippen LogP contribution in [0.3, 0.4) is 0 Å². The number of pyridine rings is 1. The van der Waals surface area contributed by atoms with Crippen LogP contribution in [0.5, 0.6) is 0 Å². The van der Waals surface area contributed by atoms with Crippen LogP contribution in [0.2, 0.25) is 0 Å². The molecule has 5 nitrogen and oxygen atoms in total. The lowest BCUT2D eigenvalue weighted by Crippen LogP contribution is -2.50. The Morgan fingerprint density at radius 2 is 1.96 bits per heavy atom. The van der Waals surface area contributed by atoms with Crippen molar-refractivity contribution < 1.29 is 0 Å². The molecule has 3 heterocycles. The molecule has 1 fully saturated rings. The summed E-state index contributed by atoms with van der Waals surface area (Å²) in [5.41, 5.74) is 1.99. The molecule has 0 aliphatic carbocycles. The second-order valence-corrected chi connectivity index (χ2v) is 5.91. The van der Waals surface area contributed by atoms with Gasteiger partial charge in [0.15, 0.2) is 5.82 Å². The van der Waals surface area contributed by atoms with Crippen LogP contribution in [-0.2, 0) is 0 Å². The third-order valence-electron chi connectivity index (χ3n) is 4.38. The molecule has 0 amide bonds. The van der Waals surface area contributed by atoms with Gasteiger partial charge in [-0.15, -0.1) is 10.2 Å². The van der Waals surface area contributed by atoms with E-state index < -0.39 is 0 Å². The van der Waals surface area contributed by atoms with Gasteiger partial charge in [-0.05, 0) is 13.0 Å². The maximum absolute atomic E-state index is 4.57. The number of fused-ring (bicyclic) bond motifs is 1. The molecule has 1 aromatic carbocycles. The zero-order valence-corrected chi connectivity index (χ0v) is 13.1. The lowest BCUT2D eigenvalue weighted by molar-refractivity contribution is 0.497. The van der Waals surface area contributed by atoms with Crippen molar-refractivity contribution in [3.05, 3.63) is 48.8 Å². The first-order valence-electron chi connectivity index (χ1n) is 7.98. The van der Waals surface area contributed by atoms with Crippen LogP contribution < -0.4 is 10.2 Å². The maximum Gasteiger partial charge on any atom is 0.161 e. The van der Waals surface area contributed by atoms with Gasteiger partial charge in [-0.3, -0.25) is 4.98 Å². The summed E-state index contributed by atoms with van der Waals surface area (Å²) in [6, 6.07) is 12.6. The lowest BCUT2D eigenvalue weighted by Gasteiger charge is -2.35. The summed E-state index contributed by atoms with van der Waals surface area (Å²) in [5.74, 6) is 0.932. The number of aromatic nitrogens is 3. The first-order chi connectivity index (χ1) is 11.3. The zero-order chi connectivity index (χ0) is 15.6. The number of nitrogens with one attached hydrogen (secondary N) is 1. The summed E-state index contributed by atoms with van der Waals surface area (Å²) < 4.78 is 0. The van der Waals surface area contributed by atoms with E-state index in [1.54, 1.807) is 0 Å². The van der Waals surface area contributed by atoms with E-state index in [0.717, 1.165) is 47.5 Å². The molecule has 0 saturated carbocycles. The quantitative estimate of drug-likeness (QED) is 0.788. The second-order valence-electron chi connectivity index (χ2n) is 5.91. The highest BCUT2D eigenvalue weighted by atomic mass is 15.3. The molecule has 23 heavy (non-hydrogen) atoms. The van der Waals surface area contributed by atoms with E-state index in [9.17, 15) is 0 Å². The molecule has 3 aromatic rings. The Morgan fingerprint density at radius 1 is 1.09 bits per heavy atom. The zero-order valence-electron chi connectivity index (χ0n) is 13.1. The van der Waals surface area contributed by atoms with Crippen LogP contribution in [0.15, 0.2) is 48.8 Å². The normalized spacial score (nSPS) is 18.3. The Bertz CT molecular complexity index is 818.